The predicted octanol–water partition coefficient (Wildman–Crippen LogP) is 0.179. The molecule has 1 aromatic carbocycles. The Hall–Kier alpha value is -1.18. The van der Waals surface area contributed by atoms with E-state index >= 15 is 0 Å². The molecule has 2 rings (SSSR count). The number of hydrogen-bond acceptors (Lipinski definition) is 6. The Bertz CT molecular complexity index is 350. The molecule has 1 aliphatic heterocycles. The summed E-state index contributed by atoms with van der Waals surface area (Å²) in [4.78, 5) is 0. The fraction of sp³-hybridized carbons (Fsp3) is 0.500. The Balaban J connectivity index is 1.89. The first-order chi connectivity index (χ1) is 8.83. The van der Waals surface area contributed by atoms with Crippen LogP contribution in [0.3, 0.4) is 0 Å². The van der Waals surface area contributed by atoms with E-state index in [-0.39, 0.29) is 6.17 Å². The van der Waals surface area contributed by atoms with Crippen molar-refractivity contribution in [2.45, 2.75) is 25.6 Å². The lowest BCUT2D eigenvalue weighted by Gasteiger charge is -2.20. The second kappa shape index (κ2) is 6.67. The first-order valence-corrected chi connectivity index (χ1v) is 6.22. The fourth-order valence-corrected chi connectivity index (χ4v) is 1.98. The zero-order valence-corrected chi connectivity index (χ0v) is 10.8. The molecule has 1 aliphatic rings. The van der Waals surface area contributed by atoms with Crippen molar-refractivity contribution in [1.82, 2.24) is 27.2 Å². The highest BCUT2D eigenvalue weighted by molar-refractivity contribution is 5.29. The normalized spacial score (nSPS) is 17.9. The number of benzene rings is 1. The quantitative estimate of drug-likeness (QED) is 0.497. The number of hydrogen-bond donors (Lipinski definition) is 5. The Labute approximate surface area is 107 Å². The highest BCUT2D eigenvalue weighted by Crippen LogP contribution is 2.19. The van der Waals surface area contributed by atoms with Crippen LogP contribution >= 0.6 is 0 Å². The van der Waals surface area contributed by atoms with Crippen LogP contribution in [0.1, 0.15) is 24.9 Å². The smallest absolute Gasteiger partial charge is 0.118 e. The maximum absolute atomic E-state index is 5.17. The highest BCUT2D eigenvalue weighted by Gasteiger charge is 2.15. The molecule has 0 spiro atoms. The Morgan fingerprint density at radius 3 is 2.44 bits per heavy atom. The lowest BCUT2D eigenvalue weighted by molar-refractivity contribution is 0.412. The molecule has 1 fully saturated rings. The summed E-state index contributed by atoms with van der Waals surface area (Å²) in [7, 11) is 1.68. The number of rotatable bonds is 6. The van der Waals surface area contributed by atoms with Gasteiger partial charge in [0.15, 0.2) is 0 Å². The molecule has 1 atom stereocenters. The van der Waals surface area contributed by atoms with Crippen LogP contribution in [-0.2, 0) is 0 Å². The molecule has 0 aliphatic carbocycles. The van der Waals surface area contributed by atoms with Gasteiger partial charge in [-0.25, -0.2) is 10.9 Å². The van der Waals surface area contributed by atoms with Crippen molar-refractivity contribution in [3.8, 4) is 5.75 Å². The third-order valence-electron chi connectivity index (χ3n) is 3.05. The van der Waals surface area contributed by atoms with Crippen molar-refractivity contribution in [3.63, 3.8) is 0 Å². The molecule has 0 amide bonds. The summed E-state index contributed by atoms with van der Waals surface area (Å²) in [5.74, 6) is 0.890. The van der Waals surface area contributed by atoms with Gasteiger partial charge in [0.05, 0.1) is 13.3 Å². The molecular formula is C12H21N5O. The van der Waals surface area contributed by atoms with E-state index in [1.807, 2.05) is 12.1 Å². The Morgan fingerprint density at radius 1 is 1.22 bits per heavy atom. The molecule has 100 valence electrons. The van der Waals surface area contributed by atoms with Crippen molar-refractivity contribution in [2.75, 3.05) is 13.7 Å². The summed E-state index contributed by atoms with van der Waals surface area (Å²) in [5, 5.41) is 3.52. The fourth-order valence-electron chi connectivity index (χ4n) is 1.98. The van der Waals surface area contributed by atoms with Crippen molar-refractivity contribution in [3.05, 3.63) is 29.8 Å². The summed E-state index contributed by atoms with van der Waals surface area (Å²) < 4.78 is 5.17. The second-order valence-corrected chi connectivity index (χ2v) is 4.23. The molecule has 18 heavy (non-hydrogen) atoms. The zero-order valence-electron chi connectivity index (χ0n) is 10.8. The van der Waals surface area contributed by atoms with E-state index in [0.717, 1.165) is 18.7 Å². The van der Waals surface area contributed by atoms with Gasteiger partial charge >= 0.3 is 0 Å². The van der Waals surface area contributed by atoms with Crippen LogP contribution in [0.15, 0.2) is 24.3 Å². The maximum atomic E-state index is 5.17. The van der Waals surface area contributed by atoms with Gasteiger partial charge in [0.1, 0.15) is 5.75 Å². The Morgan fingerprint density at radius 2 is 1.89 bits per heavy atom. The SMILES string of the molecule is CCC(NCC1NNNN1)c1ccc(OC)cc1. The first kappa shape index (κ1) is 13.3. The monoisotopic (exact) mass is 251 g/mol. The lowest BCUT2D eigenvalue weighted by Crippen LogP contribution is -2.43. The average molecular weight is 251 g/mol. The average Bonchev–Trinajstić information content (AvgIpc) is 2.93. The molecule has 0 saturated carbocycles. The van der Waals surface area contributed by atoms with E-state index in [1.54, 1.807) is 7.11 Å². The van der Waals surface area contributed by atoms with Crippen LogP contribution in [0.5, 0.6) is 5.75 Å². The molecule has 1 saturated heterocycles. The summed E-state index contributed by atoms with van der Waals surface area (Å²) in [6, 6.07) is 8.54. The van der Waals surface area contributed by atoms with Crippen molar-refractivity contribution < 1.29 is 4.74 Å². The lowest BCUT2D eigenvalue weighted by atomic mass is 10.0. The molecule has 6 heteroatoms. The minimum absolute atomic E-state index is 0.178. The minimum Gasteiger partial charge on any atom is -0.497 e. The van der Waals surface area contributed by atoms with Gasteiger partial charge in [-0.2, -0.15) is 11.1 Å². The van der Waals surface area contributed by atoms with Gasteiger partial charge in [-0.1, -0.05) is 19.1 Å². The van der Waals surface area contributed by atoms with Crippen LogP contribution in [0.2, 0.25) is 0 Å². The van der Waals surface area contributed by atoms with Gasteiger partial charge in [0.2, 0.25) is 0 Å². The Kier molecular flexibility index (Phi) is 4.91. The van der Waals surface area contributed by atoms with Crippen molar-refractivity contribution in [2.24, 2.45) is 0 Å². The largest absolute Gasteiger partial charge is 0.497 e. The van der Waals surface area contributed by atoms with Gasteiger partial charge in [-0.3, -0.25) is 0 Å². The molecule has 0 bridgehead atoms. The van der Waals surface area contributed by atoms with Gasteiger partial charge in [0.25, 0.3) is 0 Å². The molecule has 6 nitrogen and oxygen atoms in total. The topological polar surface area (TPSA) is 69.4 Å². The molecule has 0 aromatic heterocycles. The third kappa shape index (κ3) is 3.41. The van der Waals surface area contributed by atoms with Crippen LogP contribution < -0.4 is 32.0 Å². The third-order valence-corrected chi connectivity index (χ3v) is 3.05. The van der Waals surface area contributed by atoms with Crippen LogP contribution in [0.25, 0.3) is 0 Å². The molecule has 1 heterocycles. The van der Waals surface area contributed by atoms with Gasteiger partial charge in [-0.05, 0) is 24.1 Å². The first-order valence-electron chi connectivity index (χ1n) is 6.22. The number of hydrazine groups is 3. The zero-order chi connectivity index (χ0) is 12.8. The van der Waals surface area contributed by atoms with E-state index in [1.165, 1.54) is 5.56 Å². The van der Waals surface area contributed by atoms with Crippen LogP contribution in [0, 0.1) is 0 Å². The molecule has 0 radical (unpaired) electrons. The van der Waals surface area contributed by atoms with Crippen molar-refractivity contribution in [1.29, 1.82) is 0 Å². The molecule has 5 N–H and O–H groups in total. The van der Waals surface area contributed by atoms with E-state index in [2.05, 4.69) is 46.3 Å². The summed E-state index contributed by atoms with van der Waals surface area (Å²) in [5.41, 5.74) is 13.0. The van der Waals surface area contributed by atoms with Gasteiger partial charge < -0.3 is 10.1 Å². The van der Waals surface area contributed by atoms with Crippen LogP contribution in [-0.4, -0.2) is 19.8 Å². The molecule has 1 aromatic rings. The molecular weight excluding hydrogens is 230 g/mol. The van der Waals surface area contributed by atoms with E-state index < -0.39 is 0 Å². The second-order valence-electron chi connectivity index (χ2n) is 4.23. The summed E-state index contributed by atoms with van der Waals surface area (Å²) in [6.45, 7) is 3.00. The standard InChI is InChI=1S/C12H21N5O/c1-3-11(13-8-12-14-16-17-15-12)9-4-6-10(18-2)7-5-9/h4-7,11-17H,3,8H2,1-2H3. The number of methoxy groups -OCH3 is 1. The van der Waals surface area contributed by atoms with E-state index in [4.69, 9.17) is 4.74 Å². The summed E-state index contributed by atoms with van der Waals surface area (Å²) >= 11 is 0. The number of nitrogens with one attached hydrogen (secondary N) is 5. The van der Waals surface area contributed by atoms with Gasteiger partial charge in [0, 0.05) is 12.6 Å². The number of ether oxygens (including phenoxy) is 1. The molecule has 1 unspecified atom stereocenters. The predicted molar refractivity (Wildman–Crippen MR) is 70.4 cm³/mol. The van der Waals surface area contributed by atoms with E-state index in [9.17, 15) is 0 Å². The minimum atomic E-state index is 0.178. The van der Waals surface area contributed by atoms with Gasteiger partial charge in [-0.15, -0.1) is 0 Å². The van der Waals surface area contributed by atoms with E-state index in [0.29, 0.717) is 6.04 Å². The maximum Gasteiger partial charge on any atom is 0.118 e. The summed E-state index contributed by atoms with van der Waals surface area (Å²) in [6.07, 6.45) is 1.22. The van der Waals surface area contributed by atoms with Crippen LogP contribution in [0.4, 0.5) is 0 Å². The van der Waals surface area contributed by atoms with Crippen molar-refractivity contribution >= 4 is 0 Å². The highest BCUT2D eigenvalue weighted by atomic mass is 16.5.